The van der Waals surface area contributed by atoms with Crippen molar-refractivity contribution >= 4 is 17.9 Å². The molecule has 0 N–H and O–H groups in total. The summed E-state index contributed by atoms with van der Waals surface area (Å²) in [6.07, 6.45) is 2.17. The van der Waals surface area contributed by atoms with Gasteiger partial charge in [0.05, 0.1) is 6.61 Å². The second kappa shape index (κ2) is 6.53. The van der Waals surface area contributed by atoms with E-state index in [-0.39, 0.29) is 5.97 Å². The topological polar surface area (TPSA) is 69.7 Å². The van der Waals surface area contributed by atoms with Crippen molar-refractivity contribution in [2.24, 2.45) is 0 Å². The van der Waals surface area contributed by atoms with E-state index >= 15 is 0 Å². The molecule has 0 saturated heterocycles. The highest BCUT2D eigenvalue weighted by molar-refractivity contribution is 6.04. The molecule has 0 aromatic heterocycles. The number of esters is 3. The van der Waals surface area contributed by atoms with Crippen LogP contribution in [0.2, 0.25) is 0 Å². The van der Waals surface area contributed by atoms with Crippen LogP contribution in [0.1, 0.15) is 13.8 Å². The number of rotatable bonds is 2. The second-order valence-electron chi connectivity index (χ2n) is 2.57. The van der Waals surface area contributed by atoms with Gasteiger partial charge >= 0.3 is 17.9 Å². The molecule has 0 aliphatic carbocycles. The van der Waals surface area contributed by atoms with Crippen molar-refractivity contribution in [1.82, 2.24) is 0 Å². The van der Waals surface area contributed by atoms with Gasteiger partial charge in [0, 0.05) is 17.7 Å². The lowest BCUT2D eigenvalue weighted by Gasteiger charge is -1.96. The van der Waals surface area contributed by atoms with E-state index in [9.17, 15) is 14.4 Å². The van der Waals surface area contributed by atoms with Gasteiger partial charge in [-0.15, -0.1) is 0 Å². The molecular weight excluding hydrogens is 200 g/mol. The molecule has 5 nitrogen and oxygen atoms in total. The van der Waals surface area contributed by atoms with E-state index in [2.05, 4.69) is 16.1 Å². The van der Waals surface area contributed by atoms with Crippen LogP contribution in [-0.2, 0) is 23.9 Å². The number of cyclic esters (lactones) is 2. The van der Waals surface area contributed by atoms with Gasteiger partial charge in [-0.3, -0.25) is 0 Å². The predicted molar refractivity (Wildman–Crippen MR) is 51.7 cm³/mol. The second-order valence-corrected chi connectivity index (χ2v) is 2.57. The van der Waals surface area contributed by atoms with Gasteiger partial charge in [-0.25, -0.2) is 14.4 Å². The standard InChI is InChI=1S/C6H10O2.C4H2O3/c1-4-8-6(7)5(2)3;5-3-1-2-4(6)7-3/h2,4H2,1,3H3;1-2H. The Kier molecular flexibility index (Phi) is 5.70. The zero-order chi connectivity index (χ0) is 11.8. The molecular formula is C10H12O5. The van der Waals surface area contributed by atoms with Crippen LogP contribution in [0.4, 0.5) is 0 Å². The Bertz CT molecular complexity index is 298. The fraction of sp³-hybridized carbons (Fsp3) is 0.300. The van der Waals surface area contributed by atoms with Crippen molar-refractivity contribution < 1.29 is 23.9 Å². The van der Waals surface area contributed by atoms with Gasteiger partial charge in [-0.05, 0) is 13.8 Å². The van der Waals surface area contributed by atoms with Crippen molar-refractivity contribution in [3.8, 4) is 0 Å². The first-order valence-corrected chi connectivity index (χ1v) is 4.23. The number of carbonyl (C=O) groups excluding carboxylic acids is 3. The molecule has 0 fully saturated rings. The first-order chi connectivity index (χ1) is 6.97. The van der Waals surface area contributed by atoms with Crippen molar-refractivity contribution in [3.63, 3.8) is 0 Å². The highest BCUT2D eigenvalue weighted by Crippen LogP contribution is 1.92. The Hall–Kier alpha value is -1.91. The zero-order valence-electron chi connectivity index (χ0n) is 8.61. The van der Waals surface area contributed by atoms with Gasteiger partial charge in [-0.2, -0.15) is 0 Å². The number of ether oxygens (including phenoxy) is 2. The van der Waals surface area contributed by atoms with Crippen LogP contribution in [0.25, 0.3) is 0 Å². The molecule has 0 saturated carbocycles. The van der Waals surface area contributed by atoms with Crippen LogP contribution >= 0.6 is 0 Å². The van der Waals surface area contributed by atoms with Crippen LogP contribution in [-0.4, -0.2) is 24.5 Å². The Morgan fingerprint density at radius 3 is 2.00 bits per heavy atom. The molecule has 0 spiro atoms. The molecule has 0 radical (unpaired) electrons. The maximum absolute atomic E-state index is 10.4. The summed E-state index contributed by atoms with van der Waals surface area (Å²) in [5.74, 6) is -1.47. The summed E-state index contributed by atoms with van der Waals surface area (Å²) in [5.41, 5.74) is 0.451. The summed E-state index contributed by atoms with van der Waals surface area (Å²) in [5, 5.41) is 0. The van der Waals surface area contributed by atoms with Crippen molar-refractivity contribution in [1.29, 1.82) is 0 Å². The molecule has 1 heterocycles. The van der Waals surface area contributed by atoms with Crippen molar-refractivity contribution in [2.45, 2.75) is 13.8 Å². The molecule has 1 aliphatic heterocycles. The molecule has 5 heteroatoms. The monoisotopic (exact) mass is 212 g/mol. The van der Waals surface area contributed by atoms with E-state index in [1.807, 2.05) is 0 Å². The molecule has 0 atom stereocenters. The normalized spacial score (nSPS) is 12.7. The number of carbonyl (C=O) groups is 3. The Morgan fingerprint density at radius 1 is 1.40 bits per heavy atom. The SMILES string of the molecule is C=C(C)C(=O)OCC.O=C1C=CC(=O)O1. The largest absolute Gasteiger partial charge is 0.463 e. The minimum absolute atomic E-state index is 0.312. The van der Waals surface area contributed by atoms with Gasteiger partial charge in [0.2, 0.25) is 0 Å². The van der Waals surface area contributed by atoms with Crippen LogP contribution in [0.5, 0.6) is 0 Å². The van der Waals surface area contributed by atoms with Gasteiger partial charge < -0.3 is 9.47 Å². The zero-order valence-corrected chi connectivity index (χ0v) is 8.61. The Balaban J connectivity index is 0.000000262. The lowest BCUT2D eigenvalue weighted by Crippen LogP contribution is -2.03. The van der Waals surface area contributed by atoms with Gasteiger partial charge in [0.1, 0.15) is 0 Å². The lowest BCUT2D eigenvalue weighted by molar-refractivity contribution is -0.150. The fourth-order valence-corrected chi connectivity index (χ4v) is 0.558. The minimum Gasteiger partial charge on any atom is -0.463 e. The molecule has 15 heavy (non-hydrogen) atoms. The summed E-state index contributed by atoms with van der Waals surface area (Å²) in [4.78, 5) is 30.3. The first-order valence-electron chi connectivity index (χ1n) is 4.23. The van der Waals surface area contributed by atoms with E-state index in [4.69, 9.17) is 0 Å². The molecule has 0 aromatic carbocycles. The summed E-state index contributed by atoms with van der Waals surface area (Å²) in [6, 6.07) is 0. The smallest absolute Gasteiger partial charge is 0.338 e. The predicted octanol–water partition coefficient (Wildman–Crippen LogP) is 0.752. The highest BCUT2D eigenvalue weighted by atomic mass is 16.6. The fourth-order valence-electron chi connectivity index (χ4n) is 0.558. The minimum atomic E-state index is -0.579. The Morgan fingerprint density at radius 2 is 1.87 bits per heavy atom. The van der Waals surface area contributed by atoms with Crippen LogP contribution in [0, 0.1) is 0 Å². The number of hydrogen-bond acceptors (Lipinski definition) is 5. The van der Waals surface area contributed by atoms with E-state index in [0.29, 0.717) is 12.2 Å². The van der Waals surface area contributed by atoms with Gasteiger partial charge in [0.15, 0.2) is 0 Å². The van der Waals surface area contributed by atoms with Gasteiger partial charge in [-0.1, -0.05) is 6.58 Å². The molecule has 0 bridgehead atoms. The number of hydrogen-bond donors (Lipinski definition) is 0. The summed E-state index contributed by atoms with van der Waals surface area (Å²) in [6.45, 7) is 7.21. The first kappa shape index (κ1) is 13.1. The van der Waals surface area contributed by atoms with E-state index in [0.717, 1.165) is 12.2 Å². The summed E-state index contributed by atoms with van der Waals surface area (Å²) >= 11 is 0. The third kappa shape index (κ3) is 6.20. The lowest BCUT2D eigenvalue weighted by atomic mass is 10.4. The highest BCUT2D eigenvalue weighted by Gasteiger charge is 2.10. The van der Waals surface area contributed by atoms with E-state index < -0.39 is 11.9 Å². The molecule has 0 amide bonds. The maximum atomic E-state index is 10.4. The average molecular weight is 212 g/mol. The maximum Gasteiger partial charge on any atom is 0.338 e. The quantitative estimate of drug-likeness (QED) is 0.384. The molecule has 1 aliphatic rings. The van der Waals surface area contributed by atoms with Crippen molar-refractivity contribution in [3.05, 3.63) is 24.3 Å². The summed E-state index contributed by atoms with van der Waals surface area (Å²) in [7, 11) is 0. The molecule has 82 valence electrons. The van der Waals surface area contributed by atoms with Crippen molar-refractivity contribution in [2.75, 3.05) is 6.61 Å². The van der Waals surface area contributed by atoms with Crippen LogP contribution in [0.3, 0.4) is 0 Å². The Labute approximate surface area is 87.4 Å². The molecule has 0 aromatic rings. The molecule has 1 rings (SSSR count). The van der Waals surface area contributed by atoms with E-state index in [1.165, 1.54) is 0 Å². The van der Waals surface area contributed by atoms with Gasteiger partial charge in [0.25, 0.3) is 0 Å². The average Bonchev–Trinajstić information content (AvgIpc) is 2.51. The third-order valence-corrected chi connectivity index (χ3v) is 1.18. The molecule has 0 unspecified atom stereocenters. The summed E-state index contributed by atoms with van der Waals surface area (Å²) < 4.78 is 8.54. The van der Waals surface area contributed by atoms with Crippen LogP contribution in [0.15, 0.2) is 24.3 Å². The third-order valence-electron chi connectivity index (χ3n) is 1.18. The van der Waals surface area contributed by atoms with Crippen LogP contribution < -0.4 is 0 Å². The van der Waals surface area contributed by atoms with E-state index in [1.54, 1.807) is 13.8 Å².